The zero-order valence-electron chi connectivity index (χ0n) is 15.0. The van der Waals surface area contributed by atoms with Gasteiger partial charge in [0.05, 0.1) is 0 Å². The van der Waals surface area contributed by atoms with Crippen molar-refractivity contribution in [2.24, 2.45) is 0 Å². The highest BCUT2D eigenvalue weighted by molar-refractivity contribution is 5.76. The maximum absolute atomic E-state index is 12.4. The molecule has 1 aliphatic carbocycles. The molecule has 7 nitrogen and oxygen atoms in total. The van der Waals surface area contributed by atoms with Crippen LogP contribution in [0.2, 0.25) is 0 Å². The van der Waals surface area contributed by atoms with Gasteiger partial charge in [0.15, 0.2) is 0 Å². The Kier molecular flexibility index (Phi) is 4.27. The van der Waals surface area contributed by atoms with Crippen molar-refractivity contribution in [1.82, 2.24) is 19.9 Å². The van der Waals surface area contributed by atoms with Crippen LogP contribution >= 0.6 is 0 Å². The maximum Gasteiger partial charge on any atom is 0.266 e. The van der Waals surface area contributed by atoms with Gasteiger partial charge in [0.2, 0.25) is 11.8 Å². The molecule has 3 aliphatic rings. The van der Waals surface area contributed by atoms with Crippen LogP contribution in [0.4, 0.5) is 5.95 Å². The zero-order valence-corrected chi connectivity index (χ0v) is 15.0. The standard InChI is InChI=1S/C18H27N5O2/c1-3-9-22-10-8-18(7-6-15(22)24)13-23(12-11-21(18)2)17-19-16(25-20-17)14-4-5-14/h3,14H,1,4-13H2,2H3/t18-/m0/s1. The Hall–Kier alpha value is -1.89. The lowest BCUT2D eigenvalue weighted by atomic mass is 9.86. The summed E-state index contributed by atoms with van der Waals surface area (Å²) in [5.41, 5.74) is -0.00972. The van der Waals surface area contributed by atoms with E-state index in [4.69, 9.17) is 4.52 Å². The van der Waals surface area contributed by atoms with E-state index in [-0.39, 0.29) is 11.4 Å². The van der Waals surface area contributed by atoms with Crippen LogP contribution in [-0.2, 0) is 4.79 Å². The summed E-state index contributed by atoms with van der Waals surface area (Å²) in [5, 5.41) is 4.22. The number of aromatic nitrogens is 2. The Labute approximate surface area is 148 Å². The minimum Gasteiger partial charge on any atom is -0.339 e. The fraction of sp³-hybridized carbons (Fsp3) is 0.722. The molecule has 4 rings (SSSR count). The molecule has 0 radical (unpaired) electrons. The summed E-state index contributed by atoms with van der Waals surface area (Å²) in [4.78, 5) is 23.6. The molecular weight excluding hydrogens is 318 g/mol. The molecule has 1 spiro atoms. The van der Waals surface area contributed by atoms with Crippen molar-refractivity contribution < 1.29 is 9.32 Å². The second-order valence-corrected chi connectivity index (χ2v) is 7.65. The first-order chi connectivity index (χ1) is 12.1. The molecule has 2 aliphatic heterocycles. The topological polar surface area (TPSA) is 65.7 Å². The molecule has 3 fully saturated rings. The molecular formula is C18H27N5O2. The summed E-state index contributed by atoms with van der Waals surface area (Å²) >= 11 is 0. The van der Waals surface area contributed by atoms with E-state index in [0.29, 0.717) is 24.8 Å². The maximum atomic E-state index is 12.4. The lowest BCUT2D eigenvalue weighted by Crippen LogP contribution is -2.61. The van der Waals surface area contributed by atoms with Gasteiger partial charge in [0, 0.05) is 50.6 Å². The molecule has 136 valence electrons. The number of anilines is 1. The van der Waals surface area contributed by atoms with E-state index < -0.39 is 0 Å². The average molecular weight is 345 g/mol. The summed E-state index contributed by atoms with van der Waals surface area (Å²) in [6, 6.07) is 0. The smallest absolute Gasteiger partial charge is 0.266 e. The first kappa shape index (κ1) is 16.6. The van der Waals surface area contributed by atoms with Crippen LogP contribution in [0.25, 0.3) is 0 Å². The number of piperazine rings is 1. The lowest BCUT2D eigenvalue weighted by molar-refractivity contribution is -0.130. The number of likely N-dealkylation sites (N-methyl/N-ethyl adjacent to an activating group) is 1. The van der Waals surface area contributed by atoms with Crippen LogP contribution in [0.3, 0.4) is 0 Å². The van der Waals surface area contributed by atoms with E-state index >= 15 is 0 Å². The fourth-order valence-electron chi connectivity index (χ4n) is 4.06. The van der Waals surface area contributed by atoms with E-state index in [1.165, 1.54) is 0 Å². The van der Waals surface area contributed by atoms with E-state index in [1.807, 2.05) is 11.0 Å². The third kappa shape index (κ3) is 3.17. The highest BCUT2D eigenvalue weighted by Gasteiger charge is 2.43. The normalized spacial score (nSPS) is 28.4. The van der Waals surface area contributed by atoms with Gasteiger partial charge in [-0.2, -0.15) is 4.98 Å². The highest BCUT2D eigenvalue weighted by atomic mass is 16.5. The summed E-state index contributed by atoms with van der Waals surface area (Å²) in [7, 11) is 2.18. The number of carbonyl (C=O) groups is 1. The molecule has 1 atom stereocenters. The summed E-state index contributed by atoms with van der Waals surface area (Å²) in [6.07, 6.45) is 6.56. The van der Waals surface area contributed by atoms with Gasteiger partial charge < -0.3 is 14.3 Å². The van der Waals surface area contributed by atoms with Crippen LogP contribution in [-0.4, -0.2) is 71.2 Å². The molecule has 7 heteroatoms. The number of likely N-dealkylation sites (tertiary alicyclic amines) is 1. The van der Waals surface area contributed by atoms with Crippen molar-refractivity contribution in [3.05, 3.63) is 18.5 Å². The fourth-order valence-corrected chi connectivity index (χ4v) is 4.06. The number of nitrogens with zero attached hydrogens (tertiary/aromatic N) is 5. The van der Waals surface area contributed by atoms with Crippen molar-refractivity contribution in [3.63, 3.8) is 0 Å². The Morgan fingerprint density at radius 1 is 1.32 bits per heavy atom. The minimum absolute atomic E-state index is 0.00972. The predicted octanol–water partition coefficient (Wildman–Crippen LogP) is 1.64. The summed E-state index contributed by atoms with van der Waals surface area (Å²) in [6.45, 7) is 7.88. The van der Waals surface area contributed by atoms with Crippen LogP contribution in [0.1, 0.15) is 43.9 Å². The third-order valence-corrected chi connectivity index (χ3v) is 5.99. The molecule has 2 saturated heterocycles. The van der Waals surface area contributed by atoms with Crippen molar-refractivity contribution >= 4 is 11.9 Å². The number of hydrogen-bond donors (Lipinski definition) is 0. The molecule has 0 N–H and O–H groups in total. The van der Waals surface area contributed by atoms with Crippen molar-refractivity contribution in [3.8, 4) is 0 Å². The quantitative estimate of drug-likeness (QED) is 0.773. The molecule has 3 heterocycles. The lowest BCUT2D eigenvalue weighted by Gasteiger charge is -2.49. The minimum atomic E-state index is -0.00972. The van der Waals surface area contributed by atoms with Crippen LogP contribution < -0.4 is 4.90 Å². The number of carbonyl (C=O) groups excluding carboxylic acids is 1. The van der Waals surface area contributed by atoms with Crippen LogP contribution in [0, 0.1) is 0 Å². The van der Waals surface area contributed by atoms with E-state index in [1.54, 1.807) is 0 Å². The Bertz CT molecular complexity index is 656. The van der Waals surface area contributed by atoms with Crippen LogP contribution in [0.15, 0.2) is 17.2 Å². The molecule has 1 aromatic rings. The first-order valence-corrected chi connectivity index (χ1v) is 9.30. The molecule has 0 bridgehead atoms. The molecule has 1 amide bonds. The summed E-state index contributed by atoms with van der Waals surface area (Å²) in [5.74, 6) is 2.22. The second kappa shape index (κ2) is 6.44. The number of hydrogen-bond acceptors (Lipinski definition) is 6. The highest BCUT2D eigenvalue weighted by Crippen LogP contribution is 2.40. The van der Waals surface area contributed by atoms with Gasteiger partial charge in [-0.3, -0.25) is 9.69 Å². The molecule has 0 aromatic carbocycles. The van der Waals surface area contributed by atoms with E-state index in [0.717, 1.165) is 57.8 Å². The third-order valence-electron chi connectivity index (χ3n) is 5.99. The first-order valence-electron chi connectivity index (χ1n) is 9.30. The van der Waals surface area contributed by atoms with Crippen LogP contribution in [0.5, 0.6) is 0 Å². The molecule has 25 heavy (non-hydrogen) atoms. The molecule has 0 unspecified atom stereocenters. The van der Waals surface area contributed by atoms with Gasteiger partial charge in [0.25, 0.3) is 5.95 Å². The van der Waals surface area contributed by atoms with Gasteiger partial charge in [0.1, 0.15) is 0 Å². The summed E-state index contributed by atoms with van der Waals surface area (Å²) < 4.78 is 5.45. The van der Waals surface area contributed by atoms with Gasteiger partial charge in [-0.25, -0.2) is 0 Å². The van der Waals surface area contributed by atoms with Gasteiger partial charge in [-0.1, -0.05) is 6.08 Å². The van der Waals surface area contributed by atoms with Crippen molar-refractivity contribution in [1.29, 1.82) is 0 Å². The molecule has 1 saturated carbocycles. The van der Waals surface area contributed by atoms with Gasteiger partial charge in [-0.05, 0) is 37.9 Å². The number of amides is 1. The Morgan fingerprint density at radius 2 is 2.16 bits per heavy atom. The Balaban J connectivity index is 1.51. The Morgan fingerprint density at radius 3 is 2.92 bits per heavy atom. The SMILES string of the molecule is C=CCN1CC[C@@]2(CCC1=O)CN(c1noc(C3CC3)n1)CCN2C. The second-order valence-electron chi connectivity index (χ2n) is 7.65. The largest absolute Gasteiger partial charge is 0.339 e. The van der Waals surface area contributed by atoms with Gasteiger partial charge >= 0.3 is 0 Å². The average Bonchev–Trinajstić information content (AvgIpc) is 3.37. The van der Waals surface area contributed by atoms with E-state index in [2.05, 4.69) is 33.6 Å². The zero-order chi connectivity index (χ0) is 17.4. The van der Waals surface area contributed by atoms with E-state index in [9.17, 15) is 4.79 Å². The predicted molar refractivity (Wildman–Crippen MR) is 94.5 cm³/mol. The van der Waals surface area contributed by atoms with Gasteiger partial charge in [-0.15, -0.1) is 6.58 Å². The van der Waals surface area contributed by atoms with Crippen molar-refractivity contribution in [2.75, 3.05) is 44.7 Å². The van der Waals surface area contributed by atoms with Crippen molar-refractivity contribution in [2.45, 2.75) is 43.6 Å². The number of rotatable bonds is 4. The molecule has 1 aromatic heterocycles. The monoisotopic (exact) mass is 345 g/mol.